The van der Waals surface area contributed by atoms with E-state index in [9.17, 15) is 14.0 Å². The van der Waals surface area contributed by atoms with Gasteiger partial charge in [-0.15, -0.1) is 0 Å². The van der Waals surface area contributed by atoms with Crippen molar-refractivity contribution in [1.29, 1.82) is 0 Å². The van der Waals surface area contributed by atoms with Crippen molar-refractivity contribution in [3.8, 4) is 11.1 Å². The average Bonchev–Trinajstić information content (AvgIpc) is 3.23. The molecular weight excluding hydrogens is 507 g/mol. The molecule has 0 bridgehead atoms. The van der Waals surface area contributed by atoms with Gasteiger partial charge in [0.1, 0.15) is 18.0 Å². The predicted octanol–water partition coefficient (Wildman–Crippen LogP) is 7.52. The molecule has 0 radical (unpaired) electrons. The summed E-state index contributed by atoms with van der Waals surface area (Å²) in [6, 6.07) is 22.1. The molecule has 0 spiro atoms. The molecule has 1 aliphatic rings. The SMILES string of the molecule is CC[C@H](C)[C@@H](CN(Cc1cccc(F)c1)C(=O)OCC1c2ccccc2-c2ccccc21)NC(=O)OC(C)(C)C. The van der Waals surface area contributed by atoms with E-state index < -0.39 is 23.8 Å². The maximum atomic E-state index is 14.0. The number of ether oxygens (including phenoxy) is 2. The molecule has 0 aromatic heterocycles. The number of amides is 2. The Labute approximate surface area is 236 Å². The molecule has 4 rings (SSSR count). The fraction of sp³-hybridized carbons (Fsp3) is 0.394. The lowest BCUT2D eigenvalue weighted by molar-refractivity contribution is 0.0453. The number of carbonyl (C=O) groups is 2. The zero-order chi connectivity index (χ0) is 28.9. The van der Waals surface area contributed by atoms with Gasteiger partial charge in [0.15, 0.2) is 0 Å². The summed E-state index contributed by atoms with van der Waals surface area (Å²) in [6.45, 7) is 9.94. The Hall–Kier alpha value is -3.87. The molecule has 2 atom stereocenters. The number of nitrogens with zero attached hydrogens (tertiary/aromatic N) is 1. The Morgan fingerprint density at radius 3 is 2.17 bits per heavy atom. The smallest absolute Gasteiger partial charge is 0.410 e. The lowest BCUT2D eigenvalue weighted by Gasteiger charge is -2.32. The van der Waals surface area contributed by atoms with Gasteiger partial charge in [0.25, 0.3) is 0 Å². The summed E-state index contributed by atoms with van der Waals surface area (Å²) >= 11 is 0. The summed E-state index contributed by atoms with van der Waals surface area (Å²) in [6.07, 6.45) is -0.291. The van der Waals surface area contributed by atoms with Crippen LogP contribution < -0.4 is 5.32 Å². The summed E-state index contributed by atoms with van der Waals surface area (Å²) in [7, 11) is 0. The van der Waals surface area contributed by atoms with Crippen LogP contribution in [0.4, 0.5) is 14.0 Å². The van der Waals surface area contributed by atoms with Crippen LogP contribution in [0.25, 0.3) is 11.1 Å². The maximum Gasteiger partial charge on any atom is 0.410 e. The Balaban J connectivity index is 1.55. The van der Waals surface area contributed by atoms with Crippen molar-refractivity contribution in [2.75, 3.05) is 13.2 Å². The molecule has 0 saturated carbocycles. The lowest BCUT2D eigenvalue weighted by atomic mass is 9.98. The third-order valence-corrected chi connectivity index (χ3v) is 7.31. The number of nitrogens with one attached hydrogen (secondary N) is 1. The van der Waals surface area contributed by atoms with Crippen molar-refractivity contribution < 1.29 is 23.5 Å². The number of halogens is 1. The van der Waals surface area contributed by atoms with E-state index >= 15 is 0 Å². The second kappa shape index (κ2) is 12.5. The number of hydrogen-bond donors (Lipinski definition) is 1. The van der Waals surface area contributed by atoms with Gasteiger partial charge in [-0.3, -0.25) is 0 Å². The molecule has 6 nitrogen and oxygen atoms in total. The number of fused-ring (bicyclic) bond motifs is 3. The van der Waals surface area contributed by atoms with Gasteiger partial charge in [-0.2, -0.15) is 0 Å². The van der Waals surface area contributed by atoms with Crippen molar-refractivity contribution >= 4 is 12.2 Å². The van der Waals surface area contributed by atoms with E-state index in [0.29, 0.717) is 5.56 Å². The first-order chi connectivity index (χ1) is 19.1. The van der Waals surface area contributed by atoms with Gasteiger partial charge < -0.3 is 19.7 Å². The van der Waals surface area contributed by atoms with Gasteiger partial charge in [0, 0.05) is 19.0 Å². The van der Waals surface area contributed by atoms with Gasteiger partial charge >= 0.3 is 12.2 Å². The van der Waals surface area contributed by atoms with Crippen LogP contribution in [0.15, 0.2) is 72.8 Å². The van der Waals surface area contributed by atoms with Crippen molar-refractivity contribution in [2.45, 2.75) is 65.1 Å². The van der Waals surface area contributed by atoms with Crippen LogP contribution in [0.3, 0.4) is 0 Å². The zero-order valence-electron chi connectivity index (χ0n) is 23.9. The van der Waals surface area contributed by atoms with Crippen LogP contribution in [-0.2, 0) is 16.0 Å². The molecule has 212 valence electrons. The summed E-state index contributed by atoms with van der Waals surface area (Å²) in [5, 5.41) is 2.95. The number of alkyl carbamates (subject to hydrolysis) is 1. The number of benzene rings is 3. The van der Waals surface area contributed by atoms with Crippen molar-refractivity contribution in [2.24, 2.45) is 5.92 Å². The maximum absolute atomic E-state index is 14.0. The fourth-order valence-electron chi connectivity index (χ4n) is 5.09. The Morgan fingerprint density at radius 2 is 1.60 bits per heavy atom. The predicted molar refractivity (Wildman–Crippen MR) is 154 cm³/mol. The van der Waals surface area contributed by atoms with Crippen LogP contribution >= 0.6 is 0 Å². The summed E-state index contributed by atoms with van der Waals surface area (Å²) in [5.74, 6) is -0.420. The summed E-state index contributed by atoms with van der Waals surface area (Å²) < 4.78 is 25.5. The molecule has 3 aromatic rings. The Morgan fingerprint density at radius 1 is 0.975 bits per heavy atom. The van der Waals surface area contributed by atoms with Gasteiger partial charge in [0.2, 0.25) is 0 Å². The highest BCUT2D eigenvalue weighted by Crippen LogP contribution is 2.44. The van der Waals surface area contributed by atoms with E-state index in [1.54, 1.807) is 32.9 Å². The molecule has 40 heavy (non-hydrogen) atoms. The van der Waals surface area contributed by atoms with Crippen LogP contribution in [-0.4, -0.2) is 41.9 Å². The highest BCUT2D eigenvalue weighted by atomic mass is 19.1. The van der Waals surface area contributed by atoms with Crippen LogP contribution in [0.2, 0.25) is 0 Å². The fourth-order valence-corrected chi connectivity index (χ4v) is 5.09. The van der Waals surface area contributed by atoms with Crippen LogP contribution in [0.1, 0.15) is 63.6 Å². The molecule has 0 saturated heterocycles. The molecule has 0 heterocycles. The van der Waals surface area contributed by atoms with Crippen molar-refractivity contribution in [3.63, 3.8) is 0 Å². The third kappa shape index (κ3) is 7.20. The van der Waals surface area contributed by atoms with Crippen molar-refractivity contribution in [1.82, 2.24) is 10.2 Å². The van der Waals surface area contributed by atoms with Crippen molar-refractivity contribution in [3.05, 3.63) is 95.3 Å². The zero-order valence-corrected chi connectivity index (χ0v) is 23.9. The van der Waals surface area contributed by atoms with E-state index in [-0.39, 0.29) is 37.3 Å². The first kappa shape index (κ1) is 29.1. The molecule has 1 aliphatic carbocycles. The average molecular weight is 547 g/mol. The highest BCUT2D eigenvalue weighted by Gasteiger charge is 2.31. The van der Waals surface area contributed by atoms with E-state index in [1.165, 1.54) is 17.0 Å². The Bertz CT molecular complexity index is 1290. The van der Waals surface area contributed by atoms with Gasteiger partial charge in [-0.1, -0.05) is 80.9 Å². The normalized spacial score (nSPS) is 14.1. The summed E-state index contributed by atoms with van der Waals surface area (Å²) in [4.78, 5) is 27.8. The third-order valence-electron chi connectivity index (χ3n) is 7.31. The topological polar surface area (TPSA) is 67.9 Å². The molecule has 0 unspecified atom stereocenters. The lowest BCUT2D eigenvalue weighted by Crippen LogP contribution is -2.50. The molecular formula is C33H39FN2O4. The van der Waals surface area contributed by atoms with Gasteiger partial charge in [-0.25, -0.2) is 14.0 Å². The first-order valence-corrected chi connectivity index (χ1v) is 13.9. The standard InChI is InChI=1S/C33H39FN2O4/c1-6-22(2)30(35-31(37)40-33(3,4)5)20-36(19-23-12-11-13-24(34)18-23)32(38)39-21-29-27-16-9-7-14-25(27)26-15-8-10-17-28(26)29/h7-18,22,29-30H,6,19-21H2,1-5H3,(H,35,37)/t22-,30+/m0/s1. The molecule has 7 heteroatoms. The number of rotatable bonds is 9. The first-order valence-electron chi connectivity index (χ1n) is 13.9. The van der Waals surface area contributed by atoms with E-state index in [2.05, 4.69) is 29.6 Å². The minimum Gasteiger partial charge on any atom is -0.448 e. The molecule has 1 N–H and O–H groups in total. The monoisotopic (exact) mass is 546 g/mol. The van der Waals surface area contributed by atoms with E-state index in [1.807, 2.05) is 38.1 Å². The Kier molecular flexibility index (Phi) is 9.13. The minimum absolute atomic E-state index is 0.0453. The van der Waals surface area contributed by atoms with E-state index in [4.69, 9.17) is 9.47 Å². The number of hydrogen-bond acceptors (Lipinski definition) is 4. The van der Waals surface area contributed by atoms with E-state index in [0.717, 1.165) is 28.7 Å². The van der Waals surface area contributed by atoms with Gasteiger partial charge in [-0.05, 0) is 66.6 Å². The molecule has 0 fully saturated rings. The van der Waals surface area contributed by atoms with Crippen LogP contribution in [0.5, 0.6) is 0 Å². The summed E-state index contributed by atoms with van der Waals surface area (Å²) in [5.41, 5.74) is 4.52. The minimum atomic E-state index is -0.655. The quantitative estimate of drug-likeness (QED) is 0.301. The second-order valence-corrected chi connectivity index (χ2v) is 11.5. The second-order valence-electron chi connectivity index (χ2n) is 11.5. The van der Waals surface area contributed by atoms with Crippen LogP contribution in [0, 0.1) is 11.7 Å². The molecule has 3 aromatic carbocycles. The number of carbonyl (C=O) groups excluding carboxylic acids is 2. The molecule has 2 amide bonds. The van der Waals surface area contributed by atoms with Gasteiger partial charge in [0.05, 0.1) is 6.04 Å². The molecule has 0 aliphatic heterocycles. The highest BCUT2D eigenvalue weighted by molar-refractivity contribution is 5.79. The largest absolute Gasteiger partial charge is 0.448 e.